The number of para-hydroxylation sites is 1. The molecule has 1 aromatic heterocycles. The first-order valence-corrected chi connectivity index (χ1v) is 10.2. The lowest BCUT2D eigenvalue weighted by Crippen LogP contribution is -2.41. The summed E-state index contributed by atoms with van der Waals surface area (Å²) in [5, 5.41) is 10.9. The van der Waals surface area contributed by atoms with E-state index in [2.05, 4.69) is 0 Å². The summed E-state index contributed by atoms with van der Waals surface area (Å²) in [4.78, 5) is 27.3. The minimum Gasteiger partial charge on any atom is -0.422 e. The number of carbonyl (C=O) groups excluding carboxylic acids is 1. The molecule has 1 fully saturated rings. The first-order chi connectivity index (χ1) is 14.1. The summed E-state index contributed by atoms with van der Waals surface area (Å²) in [6, 6.07) is 16.3. The monoisotopic (exact) mass is 391 g/mol. The molecule has 1 N–H and O–H groups in total. The second-order valence-electron chi connectivity index (χ2n) is 7.67. The van der Waals surface area contributed by atoms with Gasteiger partial charge < -0.3 is 14.4 Å². The number of hydrogen-bond donors (Lipinski definition) is 1. The van der Waals surface area contributed by atoms with Crippen LogP contribution in [0.3, 0.4) is 0 Å². The Morgan fingerprint density at radius 3 is 2.66 bits per heavy atom. The average Bonchev–Trinajstić information content (AvgIpc) is 2.77. The van der Waals surface area contributed by atoms with Gasteiger partial charge in [-0.3, -0.25) is 4.79 Å². The van der Waals surface area contributed by atoms with Gasteiger partial charge in [-0.15, -0.1) is 0 Å². The molecule has 1 unspecified atom stereocenters. The maximum Gasteiger partial charge on any atom is 0.344 e. The normalized spacial score (nSPS) is 16.1. The Labute approximate surface area is 169 Å². The summed E-state index contributed by atoms with van der Waals surface area (Å²) in [5.74, 6) is 0.221. The van der Waals surface area contributed by atoms with Crippen molar-refractivity contribution in [3.63, 3.8) is 0 Å². The number of fused-ring (bicyclic) bond motifs is 1. The van der Waals surface area contributed by atoms with Gasteiger partial charge in [0, 0.05) is 24.0 Å². The van der Waals surface area contributed by atoms with E-state index in [0.29, 0.717) is 35.4 Å². The summed E-state index contributed by atoms with van der Waals surface area (Å²) >= 11 is 0. The Morgan fingerprint density at radius 1 is 1.14 bits per heavy atom. The molecule has 2 heterocycles. The number of aliphatic hydroxyl groups excluding tert-OH is 1. The number of likely N-dealkylation sites (tertiary alicyclic amines) is 1. The Morgan fingerprint density at radius 2 is 1.90 bits per heavy atom. The third-order valence-corrected chi connectivity index (χ3v) is 5.85. The maximum atomic E-state index is 13.0. The fourth-order valence-electron chi connectivity index (χ4n) is 4.09. The summed E-state index contributed by atoms with van der Waals surface area (Å²) < 4.78 is 5.43. The highest BCUT2D eigenvalue weighted by Gasteiger charge is 2.27. The van der Waals surface area contributed by atoms with Crippen LogP contribution in [0.25, 0.3) is 22.1 Å². The van der Waals surface area contributed by atoms with Gasteiger partial charge in [0.05, 0.1) is 11.7 Å². The molecule has 29 heavy (non-hydrogen) atoms. The van der Waals surface area contributed by atoms with Crippen molar-refractivity contribution >= 4 is 16.9 Å². The third-order valence-electron chi connectivity index (χ3n) is 5.85. The zero-order valence-electron chi connectivity index (χ0n) is 16.5. The first-order valence-electron chi connectivity index (χ1n) is 10.2. The molecular weight excluding hydrogens is 366 g/mol. The van der Waals surface area contributed by atoms with Crippen LogP contribution >= 0.6 is 0 Å². The number of hydrogen-bond acceptors (Lipinski definition) is 4. The Kier molecular flexibility index (Phi) is 5.49. The van der Waals surface area contributed by atoms with Crippen molar-refractivity contribution in [1.82, 2.24) is 4.90 Å². The van der Waals surface area contributed by atoms with Crippen LogP contribution in [0.2, 0.25) is 0 Å². The number of amides is 1. The minimum atomic E-state index is -0.414. The fraction of sp³-hybridized carbons (Fsp3) is 0.333. The topological polar surface area (TPSA) is 70.8 Å². The van der Waals surface area contributed by atoms with Crippen molar-refractivity contribution in [2.45, 2.75) is 32.3 Å². The smallest absolute Gasteiger partial charge is 0.344 e. The van der Waals surface area contributed by atoms with Crippen molar-refractivity contribution in [2.75, 3.05) is 13.1 Å². The van der Waals surface area contributed by atoms with Crippen molar-refractivity contribution < 1.29 is 14.3 Å². The Bertz CT molecular complexity index is 1080. The third kappa shape index (κ3) is 3.96. The van der Waals surface area contributed by atoms with E-state index in [1.54, 1.807) is 24.3 Å². The highest BCUT2D eigenvalue weighted by atomic mass is 16.4. The number of aliphatic hydroxyl groups is 1. The van der Waals surface area contributed by atoms with Crippen LogP contribution in [-0.4, -0.2) is 35.1 Å². The summed E-state index contributed by atoms with van der Waals surface area (Å²) in [6.07, 6.45) is 2.08. The van der Waals surface area contributed by atoms with Gasteiger partial charge in [0.15, 0.2) is 0 Å². The molecule has 1 amide bonds. The number of nitrogens with zero attached hydrogens (tertiary/aromatic N) is 1. The molecule has 3 aromatic rings. The Balaban J connectivity index is 1.57. The van der Waals surface area contributed by atoms with E-state index < -0.39 is 5.63 Å². The number of rotatable bonds is 4. The molecule has 4 rings (SSSR count). The van der Waals surface area contributed by atoms with E-state index in [0.717, 1.165) is 24.6 Å². The van der Waals surface area contributed by atoms with Crippen LogP contribution in [0.15, 0.2) is 63.8 Å². The molecule has 0 aliphatic carbocycles. The number of carbonyl (C=O) groups is 1. The summed E-state index contributed by atoms with van der Waals surface area (Å²) in [7, 11) is 0. The van der Waals surface area contributed by atoms with Crippen molar-refractivity contribution in [1.29, 1.82) is 0 Å². The molecule has 0 spiro atoms. The lowest BCUT2D eigenvalue weighted by molar-refractivity contribution is 0.0454. The van der Waals surface area contributed by atoms with Crippen LogP contribution in [0.5, 0.6) is 0 Å². The van der Waals surface area contributed by atoms with E-state index in [9.17, 15) is 14.7 Å². The van der Waals surface area contributed by atoms with Gasteiger partial charge in [0.25, 0.3) is 5.91 Å². The van der Waals surface area contributed by atoms with Gasteiger partial charge in [-0.25, -0.2) is 4.79 Å². The SMILES string of the molecule is CCC(O)C1CCN(C(=O)c2cccc(-c3cc4ccccc4oc3=O)c2)CC1. The summed E-state index contributed by atoms with van der Waals surface area (Å²) in [6.45, 7) is 3.27. The molecule has 2 aromatic carbocycles. The molecule has 5 nitrogen and oxygen atoms in total. The molecule has 150 valence electrons. The van der Waals surface area contributed by atoms with Crippen molar-refractivity contribution in [3.8, 4) is 11.1 Å². The molecule has 1 atom stereocenters. The van der Waals surface area contributed by atoms with Gasteiger partial charge in [-0.1, -0.05) is 37.3 Å². The minimum absolute atomic E-state index is 0.0403. The van der Waals surface area contributed by atoms with E-state index >= 15 is 0 Å². The van der Waals surface area contributed by atoms with Gasteiger partial charge in [-0.2, -0.15) is 0 Å². The highest BCUT2D eigenvalue weighted by Crippen LogP contribution is 2.25. The van der Waals surface area contributed by atoms with Crippen LogP contribution in [0, 0.1) is 5.92 Å². The molecule has 5 heteroatoms. The predicted octanol–water partition coefficient (Wildman–Crippen LogP) is 4.08. The van der Waals surface area contributed by atoms with Gasteiger partial charge in [0.2, 0.25) is 0 Å². The quantitative estimate of drug-likeness (QED) is 0.680. The molecule has 1 aliphatic heterocycles. The van der Waals surface area contributed by atoms with Crippen LogP contribution in [0.4, 0.5) is 0 Å². The lowest BCUT2D eigenvalue weighted by Gasteiger charge is -2.34. The van der Waals surface area contributed by atoms with Crippen molar-refractivity contribution in [2.24, 2.45) is 5.92 Å². The standard InChI is InChI=1S/C24H25NO4/c1-2-21(26)16-10-12-25(13-11-16)23(27)19-8-5-7-17(14-19)20-15-18-6-3-4-9-22(18)29-24(20)28/h3-9,14-16,21,26H,2,10-13H2,1H3. The highest BCUT2D eigenvalue weighted by molar-refractivity contribution is 5.95. The number of piperidine rings is 1. The largest absolute Gasteiger partial charge is 0.422 e. The van der Waals surface area contributed by atoms with E-state index in [4.69, 9.17) is 4.42 Å². The van der Waals surface area contributed by atoms with Crippen LogP contribution < -0.4 is 5.63 Å². The van der Waals surface area contributed by atoms with E-state index in [1.807, 2.05) is 42.2 Å². The molecule has 0 saturated carbocycles. The molecular formula is C24H25NO4. The molecule has 1 saturated heterocycles. The van der Waals surface area contributed by atoms with Crippen LogP contribution in [0.1, 0.15) is 36.5 Å². The van der Waals surface area contributed by atoms with E-state index in [1.165, 1.54) is 0 Å². The average molecular weight is 391 g/mol. The van der Waals surface area contributed by atoms with Gasteiger partial charge >= 0.3 is 5.63 Å². The van der Waals surface area contributed by atoms with Gasteiger partial charge in [-0.05, 0) is 55.0 Å². The zero-order valence-corrected chi connectivity index (χ0v) is 16.5. The van der Waals surface area contributed by atoms with E-state index in [-0.39, 0.29) is 17.9 Å². The summed E-state index contributed by atoms with van der Waals surface area (Å²) in [5.41, 5.74) is 1.81. The first kappa shape index (κ1) is 19.4. The maximum absolute atomic E-state index is 13.0. The Hall–Kier alpha value is -2.92. The molecule has 1 aliphatic rings. The predicted molar refractivity (Wildman–Crippen MR) is 113 cm³/mol. The fourth-order valence-corrected chi connectivity index (χ4v) is 4.09. The zero-order chi connectivity index (χ0) is 20.4. The number of benzene rings is 2. The van der Waals surface area contributed by atoms with Crippen molar-refractivity contribution in [3.05, 3.63) is 70.6 Å². The second kappa shape index (κ2) is 8.21. The second-order valence-corrected chi connectivity index (χ2v) is 7.67. The molecule has 0 bridgehead atoms. The van der Waals surface area contributed by atoms with Gasteiger partial charge in [0.1, 0.15) is 5.58 Å². The van der Waals surface area contributed by atoms with Crippen LogP contribution in [-0.2, 0) is 0 Å². The molecule has 0 radical (unpaired) electrons. The lowest BCUT2D eigenvalue weighted by atomic mass is 9.89.